The van der Waals surface area contributed by atoms with Gasteiger partial charge < -0.3 is 20.1 Å². The van der Waals surface area contributed by atoms with Crippen LogP contribution in [0.5, 0.6) is 11.5 Å². The number of carbonyl (C=O) groups is 2. The normalized spacial score (nSPS) is 10.2. The van der Waals surface area contributed by atoms with Crippen LogP contribution in [-0.2, 0) is 16.1 Å². The third kappa shape index (κ3) is 7.48. The highest BCUT2D eigenvalue weighted by molar-refractivity contribution is 6.31. The summed E-state index contributed by atoms with van der Waals surface area (Å²) < 4.78 is 10.7. The summed E-state index contributed by atoms with van der Waals surface area (Å²) in [4.78, 5) is 23.7. The number of rotatable bonds is 10. The Labute approximate surface area is 170 Å². The molecular formula is C21H25ClN2O4. The lowest BCUT2D eigenvalue weighted by Crippen LogP contribution is -2.36. The van der Waals surface area contributed by atoms with Crippen molar-refractivity contribution < 1.29 is 19.1 Å². The number of benzene rings is 2. The molecule has 150 valence electrons. The molecule has 2 aromatic rings. The smallest absolute Gasteiger partial charge is 0.239 e. The molecule has 0 unspecified atom stereocenters. The number of methoxy groups -OCH3 is 1. The Morgan fingerprint density at radius 3 is 2.39 bits per heavy atom. The van der Waals surface area contributed by atoms with E-state index in [1.54, 1.807) is 19.2 Å². The average Bonchev–Trinajstić information content (AvgIpc) is 2.71. The molecule has 2 amide bonds. The lowest BCUT2D eigenvalue weighted by atomic mass is 10.2. The lowest BCUT2D eigenvalue weighted by molar-refractivity contribution is -0.126. The Morgan fingerprint density at radius 1 is 1.00 bits per heavy atom. The highest BCUT2D eigenvalue weighted by Crippen LogP contribution is 2.21. The Hall–Kier alpha value is -2.73. The van der Waals surface area contributed by atoms with Gasteiger partial charge in [0.25, 0.3) is 0 Å². The van der Waals surface area contributed by atoms with E-state index in [0.29, 0.717) is 31.0 Å². The summed E-state index contributed by atoms with van der Waals surface area (Å²) in [6.07, 6.45) is 0.847. The molecule has 0 atom stereocenters. The molecule has 0 heterocycles. The van der Waals surface area contributed by atoms with Gasteiger partial charge in [0, 0.05) is 18.0 Å². The zero-order valence-corrected chi connectivity index (χ0v) is 16.8. The molecule has 6 nitrogen and oxygen atoms in total. The molecule has 0 aromatic heterocycles. The molecule has 0 bridgehead atoms. The van der Waals surface area contributed by atoms with E-state index in [9.17, 15) is 9.59 Å². The maximum absolute atomic E-state index is 11.8. The second kappa shape index (κ2) is 11.2. The van der Waals surface area contributed by atoms with Crippen LogP contribution in [0.15, 0.2) is 42.5 Å². The monoisotopic (exact) mass is 404 g/mol. The molecule has 0 saturated heterocycles. The van der Waals surface area contributed by atoms with Crippen LogP contribution < -0.4 is 20.1 Å². The van der Waals surface area contributed by atoms with Crippen LogP contribution in [-0.4, -0.2) is 32.1 Å². The SMILES string of the molecule is COc1ccc(CNC(=O)CNC(=O)CCCOc2ccc(Cl)c(C)c2)cc1. The molecule has 0 fully saturated rings. The fourth-order valence-electron chi connectivity index (χ4n) is 2.40. The van der Waals surface area contributed by atoms with Gasteiger partial charge >= 0.3 is 0 Å². The first-order valence-electron chi connectivity index (χ1n) is 9.03. The molecule has 0 saturated carbocycles. The van der Waals surface area contributed by atoms with Gasteiger partial charge in [0.1, 0.15) is 11.5 Å². The van der Waals surface area contributed by atoms with Crippen LogP contribution in [0, 0.1) is 6.92 Å². The zero-order chi connectivity index (χ0) is 20.4. The number of nitrogens with one attached hydrogen (secondary N) is 2. The lowest BCUT2D eigenvalue weighted by Gasteiger charge is -2.09. The molecule has 7 heteroatoms. The van der Waals surface area contributed by atoms with Crippen LogP contribution in [0.3, 0.4) is 0 Å². The van der Waals surface area contributed by atoms with E-state index < -0.39 is 0 Å². The number of amides is 2. The molecule has 28 heavy (non-hydrogen) atoms. The summed E-state index contributed by atoms with van der Waals surface area (Å²) in [7, 11) is 1.60. The van der Waals surface area contributed by atoms with E-state index in [4.69, 9.17) is 21.1 Å². The Kier molecular flexibility index (Phi) is 8.62. The van der Waals surface area contributed by atoms with Gasteiger partial charge in [-0.1, -0.05) is 23.7 Å². The molecule has 0 spiro atoms. The van der Waals surface area contributed by atoms with Gasteiger partial charge in [0.15, 0.2) is 0 Å². The molecule has 0 aliphatic heterocycles. The fourth-order valence-corrected chi connectivity index (χ4v) is 2.52. The van der Waals surface area contributed by atoms with E-state index >= 15 is 0 Å². The number of hydrogen-bond acceptors (Lipinski definition) is 4. The van der Waals surface area contributed by atoms with Crippen molar-refractivity contribution in [3.63, 3.8) is 0 Å². The number of halogens is 1. The second-order valence-corrected chi connectivity index (χ2v) is 6.67. The average molecular weight is 405 g/mol. The molecule has 0 radical (unpaired) electrons. The molecule has 0 aliphatic carbocycles. The van der Waals surface area contributed by atoms with E-state index in [1.165, 1.54) is 0 Å². The third-order valence-corrected chi connectivity index (χ3v) is 4.47. The highest BCUT2D eigenvalue weighted by atomic mass is 35.5. The van der Waals surface area contributed by atoms with Crippen molar-refractivity contribution in [2.24, 2.45) is 0 Å². The second-order valence-electron chi connectivity index (χ2n) is 6.26. The Morgan fingerprint density at radius 2 is 1.71 bits per heavy atom. The summed E-state index contributed by atoms with van der Waals surface area (Å²) in [5.41, 5.74) is 1.90. The number of aryl methyl sites for hydroxylation is 1. The first-order chi connectivity index (χ1) is 13.5. The summed E-state index contributed by atoms with van der Waals surface area (Å²) in [5, 5.41) is 6.06. The van der Waals surface area contributed by atoms with Gasteiger partial charge in [-0.25, -0.2) is 0 Å². The standard InChI is InChI=1S/C21H25ClN2O4/c1-15-12-18(9-10-19(15)22)28-11-3-4-20(25)24-14-21(26)23-13-16-5-7-17(27-2)8-6-16/h5-10,12H,3-4,11,13-14H2,1-2H3,(H,23,26)(H,24,25). The number of hydrogen-bond donors (Lipinski definition) is 2. The summed E-state index contributed by atoms with van der Waals surface area (Å²) in [6, 6.07) is 12.8. The van der Waals surface area contributed by atoms with Crippen LogP contribution >= 0.6 is 11.6 Å². The van der Waals surface area contributed by atoms with Crippen molar-refractivity contribution in [1.82, 2.24) is 10.6 Å². The van der Waals surface area contributed by atoms with Gasteiger partial charge in [-0.15, -0.1) is 0 Å². The van der Waals surface area contributed by atoms with Crippen LogP contribution in [0.25, 0.3) is 0 Å². The van der Waals surface area contributed by atoms with Crippen molar-refractivity contribution in [2.75, 3.05) is 20.3 Å². The maximum Gasteiger partial charge on any atom is 0.239 e. The minimum atomic E-state index is -0.239. The minimum absolute atomic E-state index is 0.0494. The predicted octanol–water partition coefficient (Wildman–Crippen LogP) is 3.25. The summed E-state index contributed by atoms with van der Waals surface area (Å²) in [6.45, 7) is 2.67. The van der Waals surface area contributed by atoms with Crippen molar-refractivity contribution in [1.29, 1.82) is 0 Å². The van der Waals surface area contributed by atoms with Gasteiger partial charge in [0.2, 0.25) is 11.8 Å². The predicted molar refractivity (Wildman–Crippen MR) is 109 cm³/mol. The van der Waals surface area contributed by atoms with Crippen molar-refractivity contribution in [3.8, 4) is 11.5 Å². The summed E-state index contributed by atoms with van der Waals surface area (Å²) in [5.74, 6) is 1.06. The minimum Gasteiger partial charge on any atom is -0.497 e. The Bertz CT molecular complexity index is 793. The molecule has 2 N–H and O–H groups in total. The van der Waals surface area contributed by atoms with Crippen LogP contribution in [0.2, 0.25) is 5.02 Å². The van der Waals surface area contributed by atoms with Gasteiger partial charge in [-0.3, -0.25) is 9.59 Å². The van der Waals surface area contributed by atoms with Crippen molar-refractivity contribution in [2.45, 2.75) is 26.3 Å². The first-order valence-corrected chi connectivity index (χ1v) is 9.41. The van der Waals surface area contributed by atoms with E-state index in [1.807, 2.05) is 37.3 Å². The highest BCUT2D eigenvalue weighted by Gasteiger charge is 2.06. The molecular weight excluding hydrogens is 380 g/mol. The van der Waals surface area contributed by atoms with E-state index in [0.717, 1.165) is 22.6 Å². The fraction of sp³-hybridized carbons (Fsp3) is 0.333. The van der Waals surface area contributed by atoms with Crippen molar-refractivity contribution in [3.05, 3.63) is 58.6 Å². The summed E-state index contributed by atoms with van der Waals surface area (Å²) >= 11 is 5.97. The number of carbonyl (C=O) groups excluding carboxylic acids is 2. The molecule has 2 rings (SSSR count). The first kappa shape index (κ1) is 21.6. The van der Waals surface area contributed by atoms with Gasteiger partial charge in [-0.05, 0) is 54.8 Å². The molecule has 2 aromatic carbocycles. The van der Waals surface area contributed by atoms with E-state index in [-0.39, 0.29) is 18.4 Å². The number of ether oxygens (including phenoxy) is 2. The Balaban J connectivity index is 1.58. The van der Waals surface area contributed by atoms with Crippen LogP contribution in [0.4, 0.5) is 0 Å². The topological polar surface area (TPSA) is 76.7 Å². The molecule has 0 aliphatic rings. The third-order valence-electron chi connectivity index (χ3n) is 4.04. The van der Waals surface area contributed by atoms with Crippen LogP contribution in [0.1, 0.15) is 24.0 Å². The zero-order valence-electron chi connectivity index (χ0n) is 16.1. The van der Waals surface area contributed by atoms with Gasteiger partial charge in [-0.2, -0.15) is 0 Å². The van der Waals surface area contributed by atoms with Crippen molar-refractivity contribution >= 4 is 23.4 Å². The van der Waals surface area contributed by atoms with E-state index in [2.05, 4.69) is 10.6 Å². The quantitative estimate of drug-likeness (QED) is 0.596. The maximum atomic E-state index is 11.8. The van der Waals surface area contributed by atoms with Gasteiger partial charge in [0.05, 0.1) is 20.3 Å². The largest absolute Gasteiger partial charge is 0.497 e.